The van der Waals surface area contributed by atoms with E-state index in [1.807, 2.05) is 30.3 Å². The molecule has 6 nitrogen and oxygen atoms in total. The van der Waals surface area contributed by atoms with Gasteiger partial charge in [-0.05, 0) is 56.3 Å². The van der Waals surface area contributed by atoms with Crippen molar-refractivity contribution in [1.29, 1.82) is 5.26 Å². The molecule has 0 fully saturated rings. The molecule has 0 unspecified atom stereocenters. The van der Waals surface area contributed by atoms with E-state index in [1.54, 1.807) is 44.2 Å². The van der Waals surface area contributed by atoms with Gasteiger partial charge in [0.2, 0.25) is 0 Å². The lowest BCUT2D eigenvalue weighted by Crippen LogP contribution is -2.12. The molecule has 2 heterocycles. The summed E-state index contributed by atoms with van der Waals surface area (Å²) < 4.78 is 12.1. The number of benzene rings is 2. The molecule has 0 aliphatic carbocycles. The molecule has 0 saturated heterocycles. The predicted octanol–water partition coefficient (Wildman–Crippen LogP) is 6.21. The maximum atomic E-state index is 12.6. The number of nitriles is 1. The minimum atomic E-state index is -0.431. The van der Waals surface area contributed by atoms with Crippen LogP contribution in [-0.2, 0) is 4.74 Å². The van der Waals surface area contributed by atoms with Crippen LogP contribution in [0.15, 0.2) is 63.5 Å². The first-order valence-corrected chi connectivity index (χ1v) is 10.4. The van der Waals surface area contributed by atoms with Gasteiger partial charge in [-0.2, -0.15) is 5.26 Å². The molecule has 4 aromatic rings. The zero-order chi connectivity index (χ0) is 22.0. The number of esters is 1. The largest absolute Gasteiger partial charge is 0.459 e. The second kappa shape index (κ2) is 8.62. The fraction of sp³-hybridized carbons (Fsp3) is 0.125. The van der Waals surface area contributed by atoms with Crippen LogP contribution in [0.2, 0.25) is 0 Å². The van der Waals surface area contributed by atoms with Crippen molar-refractivity contribution in [2.45, 2.75) is 20.0 Å². The van der Waals surface area contributed by atoms with Gasteiger partial charge in [-0.15, -0.1) is 0 Å². The Morgan fingerprint density at radius 3 is 2.77 bits per heavy atom. The standard InChI is InChI=1S/C24H18BrN3O3/c1-14(2)30-24(29)19-12-16(25)7-9-18(19)22-10-8-17(31-22)11-15(13-26)23-27-20-5-3-4-6-21(20)28-23/h3-12,14H,1-2H3,(H,27,28). The fourth-order valence-electron chi connectivity index (χ4n) is 3.13. The van der Waals surface area contributed by atoms with Crippen LogP contribution in [-0.4, -0.2) is 22.0 Å². The summed E-state index contributed by atoms with van der Waals surface area (Å²) in [6.07, 6.45) is 1.38. The van der Waals surface area contributed by atoms with E-state index in [0.717, 1.165) is 15.5 Å². The van der Waals surface area contributed by atoms with Crippen molar-refractivity contribution >= 4 is 44.6 Å². The molecule has 0 aliphatic heterocycles. The third-order valence-corrected chi connectivity index (χ3v) is 4.98. The molecule has 0 amide bonds. The zero-order valence-corrected chi connectivity index (χ0v) is 18.4. The number of H-pyrrole nitrogens is 1. The number of furan rings is 1. The van der Waals surface area contributed by atoms with E-state index in [0.29, 0.717) is 34.0 Å². The molecule has 0 aliphatic rings. The first-order chi connectivity index (χ1) is 14.9. The lowest BCUT2D eigenvalue weighted by atomic mass is 10.1. The van der Waals surface area contributed by atoms with Crippen LogP contribution in [0.4, 0.5) is 0 Å². The van der Waals surface area contributed by atoms with Gasteiger partial charge in [0.25, 0.3) is 0 Å². The molecule has 0 spiro atoms. The number of rotatable bonds is 5. The molecule has 0 bridgehead atoms. The number of hydrogen-bond donors (Lipinski definition) is 1. The van der Waals surface area contributed by atoms with E-state index < -0.39 is 5.97 Å². The van der Waals surface area contributed by atoms with Crippen molar-refractivity contribution in [3.63, 3.8) is 0 Å². The number of halogens is 1. The van der Waals surface area contributed by atoms with Crippen LogP contribution in [0.25, 0.3) is 34.0 Å². The van der Waals surface area contributed by atoms with Crippen molar-refractivity contribution < 1.29 is 13.9 Å². The number of carbonyl (C=O) groups is 1. The number of allylic oxidation sites excluding steroid dienone is 1. The van der Waals surface area contributed by atoms with Gasteiger partial charge in [-0.1, -0.05) is 28.1 Å². The maximum Gasteiger partial charge on any atom is 0.339 e. The number of aromatic amines is 1. The lowest BCUT2D eigenvalue weighted by molar-refractivity contribution is 0.0378. The molecule has 2 aromatic heterocycles. The minimum Gasteiger partial charge on any atom is -0.459 e. The summed E-state index contributed by atoms with van der Waals surface area (Å²) in [5.74, 6) is 1.00. The third kappa shape index (κ3) is 4.44. The average molecular weight is 476 g/mol. The zero-order valence-electron chi connectivity index (χ0n) is 16.8. The van der Waals surface area contributed by atoms with Gasteiger partial charge < -0.3 is 14.1 Å². The van der Waals surface area contributed by atoms with E-state index in [1.165, 1.54) is 0 Å². The van der Waals surface area contributed by atoms with Gasteiger partial charge in [0.1, 0.15) is 23.4 Å². The highest BCUT2D eigenvalue weighted by molar-refractivity contribution is 9.10. The van der Waals surface area contributed by atoms with Crippen molar-refractivity contribution in [2.75, 3.05) is 0 Å². The lowest BCUT2D eigenvalue weighted by Gasteiger charge is -2.11. The number of imidazole rings is 1. The Morgan fingerprint density at radius 2 is 2.03 bits per heavy atom. The number of nitrogens with zero attached hydrogens (tertiary/aromatic N) is 2. The predicted molar refractivity (Wildman–Crippen MR) is 122 cm³/mol. The van der Waals surface area contributed by atoms with Gasteiger partial charge in [0.15, 0.2) is 0 Å². The highest BCUT2D eigenvalue weighted by Gasteiger charge is 2.18. The van der Waals surface area contributed by atoms with Gasteiger partial charge in [0, 0.05) is 16.1 Å². The van der Waals surface area contributed by atoms with Crippen LogP contribution >= 0.6 is 15.9 Å². The Balaban J connectivity index is 1.70. The maximum absolute atomic E-state index is 12.6. The summed E-state index contributed by atoms with van der Waals surface area (Å²) in [6.45, 7) is 3.60. The number of nitrogens with one attached hydrogen (secondary N) is 1. The van der Waals surface area contributed by atoms with Gasteiger partial charge in [0.05, 0.1) is 28.3 Å². The quantitative estimate of drug-likeness (QED) is 0.273. The summed E-state index contributed by atoms with van der Waals surface area (Å²) >= 11 is 3.40. The second-order valence-corrected chi connectivity index (χ2v) is 8.03. The molecule has 4 rings (SSSR count). The Kier molecular flexibility index (Phi) is 5.74. The smallest absolute Gasteiger partial charge is 0.339 e. The number of carbonyl (C=O) groups excluding carboxylic acids is 1. The molecule has 31 heavy (non-hydrogen) atoms. The van der Waals surface area contributed by atoms with Crippen LogP contribution < -0.4 is 0 Å². The van der Waals surface area contributed by atoms with Gasteiger partial charge in [-0.3, -0.25) is 0 Å². The van der Waals surface area contributed by atoms with E-state index in [2.05, 4.69) is 32.0 Å². The van der Waals surface area contributed by atoms with E-state index in [-0.39, 0.29) is 6.10 Å². The first kappa shape index (κ1) is 20.6. The number of fused-ring (bicyclic) bond motifs is 1. The summed E-state index contributed by atoms with van der Waals surface area (Å²) in [5.41, 5.74) is 2.97. The number of aromatic nitrogens is 2. The topological polar surface area (TPSA) is 91.9 Å². The summed E-state index contributed by atoms with van der Waals surface area (Å²) in [5, 5.41) is 9.63. The third-order valence-electron chi connectivity index (χ3n) is 4.49. The Morgan fingerprint density at radius 1 is 1.23 bits per heavy atom. The van der Waals surface area contributed by atoms with Crippen molar-refractivity contribution in [3.05, 3.63) is 76.2 Å². The minimum absolute atomic E-state index is 0.239. The highest BCUT2D eigenvalue weighted by Crippen LogP contribution is 2.30. The first-order valence-electron chi connectivity index (χ1n) is 9.62. The number of ether oxygens (including phenoxy) is 1. The molecule has 7 heteroatoms. The summed E-state index contributed by atoms with van der Waals surface area (Å²) in [6, 6.07) is 18.6. The molecule has 0 radical (unpaired) electrons. The molecular weight excluding hydrogens is 458 g/mol. The number of para-hydroxylation sites is 2. The molecule has 0 saturated carbocycles. The number of hydrogen-bond acceptors (Lipinski definition) is 5. The Labute approximate surface area is 187 Å². The summed E-state index contributed by atoms with van der Waals surface area (Å²) in [4.78, 5) is 20.2. The Bertz CT molecular complexity index is 1310. The van der Waals surface area contributed by atoms with E-state index in [4.69, 9.17) is 9.15 Å². The fourth-order valence-corrected chi connectivity index (χ4v) is 3.49. The van der Waals surface area contributed by atoms with E-state index in [9.17, 15) is 10.1 Å². The Hall–Kier alpha value is -3.63. The average Bonchev–Trinajstić information content (AvgIpc) is 3.38. The summed E-state index contributed by atoms with van der Waals surface area (Å²) in [7, 11) is 0. The second-order valence-electron chi connectivity index (χ2n) is 7.12. The SMILES string of the molecule is CC(C)OC(=O)c1cc(Br)ccc1-c1ccc(C=C(C#N)c2nc3ccccc3[nH]2)o1. The highest BCUT2D eigenvalue weighted by atomic mass is 79.9. The van der Waals surface area contributed by atoms with Crippen LogP contribution in [0, 0.1) is 11.3 Å². The van der Waals surface area contributed by atoms with Crippen molar-refractivity contribution in [1.82, 2.24) is 9.97 Å². The van der Waals surface area contributed by atoms with Crippen molar-refractivity contribution in [3.8, 4) is 17.4 Å². The normalized spacial score (nSPS) is 11.6. The monoisotopic (exact) mass is 475 g/mol. The van der Waals surface area contributed by atoms with Crippen LogP contribution in [0.5, 0.6) is 0 Å². The van der Waals surface area contributed by atoms with Gasteiger partial charge >= 0.3 is 5.97 Å². The van der Waals surface area contributed by atoms with Crippen molar-refractivity contribution in [2.24, 2.45) is 0 Å². The molecule has 0 atom stereocenters. The van der Waals surface area contributed by atoms with Crippen LogP contribution in [0.3, 0.4) is 0 Å². The van der Waals surface area contributed by atoms with Crippen LogP contribution in [0.1, 0.15) is 35.8 Å². The van der Waals surface area contributed by atoms with E-state index >= 15 is 0 Å². The molecular formula is C24H18BrN3O3. The van der Waals surface area contributed by atoms with Gasteiger partial charge in [-0.25, -0.2) is 9.78 Å². The molecule has 1 N–H and O–H groups in total. The molecule has 2 aromatic carbocycles. The molecule has 154 valence electrons.